The molecule has 1 atom stereocenters. The van der Waals surface area contributed by atoms with Crippen molar-refractivity contribution in [3.63, 3.8) is 0 Å². The van der Waals surface area contributed by atoms with Gasteiger partial charge in [0, 0.05) is 37.8 Å². The van der Waals surface area contributed by atoms with Gasteiger partial charge in [0.15, 0.2) is 0 Å². The molecule has 0 bridgehead atoms. The van der Waals surface area contributed by atoms with E-state index in [9.17, 15) is 9.50 Å². The van der Waals surface area contributed by atoms with Crippen molar-refractivity contribution in [1.82, 2.24) is 10.2 Å². The number of hydrogen-bond acceptors (Lipinski definition) is 3. The standard InChI is InChI=1S/C14H21FN2O/c1-3-12(17-8-6-16-7-9-17)13-11(15)5-4-10(2)14(13)18/h4-5,12,16,18H,3,6-9H2,1-2H3/t12-/m1/s1. The van der Waals surface area contributed by atoms with Gasteiger partial charge in [-0.1, -0.05) is 13.0 Å². The Morgan fingerprint density at radius 3 is 2.67 bits per heavy atom. The van der Waals surface area contributed by atoms with E-state index in [1.165, 1.54) is 6.07 Å². The number of phenolic OH excluding ortho intramolecular Hbond substituents is 1. The molecule has 4 heteroatoms. The van der Waals surface area contributed by atoms with Crippen LogP contribution in [0, 0.1) is 12.7 Å². The van der Waals surface area contributed by atoms with Crippen molar-refractivity contribution in [1.29, 1.82) is 0 Å². The average Bonchev–Trinajstić information content (AvgIpc) is 2.40. The summed E-state index contributed by atoms with van der Waals surface area (Å²) in [5.74, 6) is -0.191. The number of aryl methyl sites for hydroxylation is 1. The summed E-state index contributed by atoms with van der Waals surface area (Å²) in [7, 11) is 0. The monoisotopic (exact) mass is 252 g/mol. The summed E-state index contributed by atoms with van der Waals surface area (Å²) < 4.78 is 14.0. The maximum absolute atomic E-state index is 14.0. The van der Waals surface area contributed by atoms with E-state index < -0.39 is 0 Å². The maximum atomic E-state index is 14.0. The van der Waals surface area contributed by atoms with Crippen LogP contribution in [0.3, 0.4) is 0 Å². The second-order valence-electron chi connectivity index (χ2n) is 4.84. The molecule has 1 aliphatic heterocycles. The molecule has 18 heavy (non-hydrogen) atoms. The fourth-order valence-electron chi connectivity index (χ4n) is 2.65. The Hall–Kier alpha value is -1.13. The summed E-state index contributed by atoms with van der Waals surface area (Å²) in [6.45, 7) is 7.47. The Morgan fingerprint density at radius 2 is 2.06 bits per heavy atom. The Bertz CT molecular complexity index is 417. The zero-order valence-electron chi connectivity index (χ0n) is 11.0. The number of rotatable bonds is 3. The molecular weight excluding hydrogens is 231 g/mol. The molecular formula is C14H21FN2O. The molecule has 1 aromatic carbocycles. The van der Waals surface area contributed by atoms with Gasteiger partial charge in [-0.05, 0) is 25.0 Å². The van der Waals surface area contributed by atoms with E-state index in [2.05, 4.69) is 10.2 Å². The molecule has 2 N–H and O–H groups in total. The first kappa shape index (κ1) is 13.3. The third-order valence-electron chi connectivity index (χ3n) is 3.68. The maximum Gasteiger partial charge on any atom is 0.131 e. The SMILES string of the molecule is CC[C@H](c1c(F)ccc(C)c1O)N1CCNCC1. The van der Waals surface area contributed by atoms with Crippen LogP contribution in [-0.2, 0) is 0 Å². The number of nitrogens with zero attached hydrogens (tertiary/aromatic N) is 1. The van der Waals surface area contributed by atoms with Crippen molar-refractivity contribution < 1.29 is 9.50 Å². The Balaban J connectivity index is 2.34. The van der Waals surface area contributed by atoms with Crippen LogP contribution in [-0.4, -0.2) is 36.2 Å². The van der Waals surface area contributed by atoms with Crippen molar-refractivity contribution in [2.45, 2.75) is 26.3 Å². The first-order valence-electron chi connectivity index (χ1n) is 6.58. The highest BCUT2D eigenvalue weighted by atomic mass is 19.1. The van der Waals surface area contributed by atoms with E-state index in [-0.39, 0.29) is 17.6 Å². The minimum atomic E-state index is -0.302. The van der Waals surface area contributed by atoms with Gasteiger partial charge in [0.1, 0.15) is 11.6 Å². The molecule has 3 nitrogen and oxygen atoms in total. The lowest BCUT2D eigenvalue weighted by Gasteiger charge is -2.35. The number of aromatic hydroxyl groups is 1. The highest BCUT2D eigenvalue weighted by Crippen LogP contribution is 2.35. The quantitative estimate of drug-likeness (QED) is 0.865. The van der Waals surface area contributed by atoms with Crippen LogP contribution in [0.5, 0.6) is 5.75 Å². The highest BCUT2D eigenvalue weighted by Gasteiger charge is 2.26. The van der Waals surface area contributed by atoms with Crippen molar-refractivity contribution >= 4 is 0 Å². The van der Waals surface area contributed by atoms with Gasteiger partial charge in [-0.15, -0.1) is 0 Å². The van der Waals surface area contributed by atoms with Crippen LogP contribution in [0.15, 0.2) is 12.1 Å². The van der Waals surface area contributed by atoms with E-state index in [0.717, 1.165) is 38.2 Å². The second kappa shape index (κ2) is 5.67. The zero-order chi connectivity index (χ0) is 13.1. The van der Waals surface area contributed by atoms with E-state index in [4.69, 9.17) is 0 Å². The minimum Gasteiger partial charge on any atom is -0.507 e. The first-order valence-corrected chi connectivity index (χ1v) is 6.58. The van der Waals surface area contributed by atoms with Gasteiger partial charge in [-0.2, -0.15) is 0 Å². The normalized spacial score (nSPS) is 18.8. The van der Waals surface area contributed by atoms with Crippen molar-refractivity contribution in [2.24, 2.45) is 0 Å². The molecule has 0 aromatic heterocycles. The molecule has 1 saturated heterocycles. The lowest BCUT2D eigenvalue weighted by molar-refractivity contribution is 0.163. The molecule has 2 rings (SSSR count). The molecule has 0 unspecified atom stereocenters. The molecule has 100 valence electrons. The third-order valence-corrected chi connectivity index (χ3v) is 3.68. The summed E-state index contributed by atoms with van der Waals surface area (Å²) in [6.07, 6.45) is 0.800. The Labute approximate surface area is 108 Å². The predicted molar refractivity (Wildman–Crippen MR) is 70.3 cm³/mol. The van der Waals surface area contributed by atoms with Gasteiger partial charge in [-0.25, -0.2) is 4.39 Å². The number of piperazine rings is 1. The van der Waals surface area contributed by atoms with Gasteiger partial charge >= 0.3 is 0 Å². The third kappa shape index (κ3) is 2.49. The fourth-order valence-corrected chi connectivity index (χ4v) is 2.65. The average molecular weight is 252 g/mol. The largest absolute Gasteiger partial charge is 0.507 e. The van der Waals surface area contributed by atoms with Crippen LogP contribution in [0.2, 0.25) is 0 Å². The van der Waals surface area contributed by atoms with E-state index in [0.29, 0.717) is 5.56 Å². The topological polar surface area (TPSA) is 35.5 Å². The number of hydrogen-bond donors (Lipinski definition) is 2. The number of benzene rings is 1. The molecule has 1 fully saturated rings. The van der Waals surface area contributed by atoms with Crippen molar-refractivity contribution in [3.05, 3.63) is 29.1 Å². The zero-order valence-corrected chi connectivity index (χ0v) is 11.0. The van der Waals surface area contributed by atoms with E-state index in [1.807, 2.05) is 13.8 Å². The predicted octanol–water partition coefficient (Wildman–Crippen LogP) is 2.20. The second-order valence-corrected chi connectivity index (χ2v) is 4.84. The lowest BCUT2D eigenvalue weighted by Crippen LogP contribution is -2.45. The van der Waals surface area contributed by atoms with E-state index in [1.54, 1.807) is 6.07 Å². The van der Waals surface area contributed by atoms with Gasteiger partial charge < -0.3 is 10.4 Å². The van der Waals surface area contributed by atoms with Gasteiger partial charge in [0.2, 0.25) is 0 Å². The van der Waals surface area contributed by atoms with Crippen LogP contribution < -0.4 is 5.32 Å². The van der Waals surface area contributed by atoms with Gasteiger partial charge in [0.05, 0.1) is 0 Å². The number of nitrogens with one attached hydrogen (secondary N) is 1. The van der Waals surface area contributed by atoms with Gasteiger partial charge in [-0.3, -0.25) is 4.90 Å². The van der Waals surface area contributed by atoms with Crippen LogP contribution in [0.25, 0.3) is 0 Å². The Kier molecular flexibility index (Phi) is 4.19. The summed E-state index contributed by atoms with van der Waals surface area (Å²) in [4.78, 5) is 2.24. The van der Waals surface area contributed by atoms with Crippen molar-refractivity contribution in [2.75, 3.05) is 26.2 Å². The summed E-state index contributed by atoms with van der Waals surface area (Å²) >= 11 is 0. The molecule has 0 radical (unpaired) electrons. The van der Waals surface area contributed by atoms with Crippen LogP contribution in [0.4, 0.5) is 4.39 Å². The smallest absolute Gasteiger partial charge is 0.131 e. The number of halogens is 1. The van der Waals surface area contributed by atoms with Crippen LogP contribution in [0.1, 0.15) is 30.5 Å². The van der Waals surface area contributed by atoms with Crippen molar-refractivity contribution in [3.8, 4) is 5.75 Å². The van der Waals surface area contributed by atoms with E-state index >= 15 is 0 Å². The summed E-state index contributed by atoms with van der Waals surface area (Å²) in [6, 6.07) is 3.04. The lowest BCUT2D eigenvalue weighted by atomic mass is 9.98. The minimum absolute atomic E-state index is 0.0352. The highest BCUT2D eigenvalue weighted by molar-refractivity contribution is 5.42. The first-order chi connectivity index (χ1) is 8.65. The van der Waals surface area contributed by atoms with Crippen LogP contribution >= 0.6 is 0 Å². The molecule has 1 aliphatic rings. The van der Waals surface area contributed by atoms with Gasteiger partial charge in [0.25, 0.3) is 0 Å². The molecule has 0 saturated carbocycles. The molecule has 0 spiro atoms. The number of phenols is 1. The fraction of sp³-hybridized carbons (Fsp3) is 0.571. The summed E-state index contributed by atoms with van der Waals surface area (Å²) in [5, 5.41) is 13.4. The summed E-state index contributed by atoms with van der Waals surface area (Å²) in [5.41, 5.74) is 1.19. The molecule has 0 amide bonds. The molecule has 1 heterocycles. The molecule has 0 aliphatic carbocycles. The molecule has 1 aromatic rings. The Morgan fingerprint density at radius 1 is 1.39 bits per heavy atom.